The first kappa shape index (κ1) is 7.94. The number of aromatic amines is 1. The highest BCUT2D eigenvalue weighted by molar-refractivity contribution is 7.71. The van der Waals surface area contributed by atoms with Crippen molar-refractivity contribution < 1.29 is 0 Å². The van der Waals surface area contributed by atoms with E-state index in [4.69, 9.17) is 18.0 Å². The molecular weight excluding hydrogens is 172 g/mol. The summed E-state index contributed by atoms with van der Waals surface area (Å²) in [5, 5.41) is 6.94. The van der Waals surface area contributed by atoms with Gasteiger partial charge in [0, 0.05) is 12.5 Å². The van der Waals surface area contributed by atoms with Crippen LogP contribution in [0.4, 0.5) is 0 Å². The van der Waals surface area contributed by atoms with Crippen molar-refractivity contribution in [2.75, 3.05) is 6.54 Å². The van der Waals surface area contributed by atoms with Crippen LogP contribution in [-0.4, -0.2) is 21.3 Å². The number of aromatic nitrogens is 3. The second kappa shape index (κ2) is 2.99. The van der Waals surface area contributed by atoms with Gasteiger partial charge >= 0.3 is 0 Å². The Kier molecular flexibility index (Phi) is 1.98. The van der Waals surface area contributed by atoms with Crippen LogP contribution in [0.2, 0.25) is 0 Å². The Hall–Kier alpha value is -0.680. The summed E-state index contributed by atoms with van der Waals surface area (Å²) < 4.78 is 2.84. The first-order valence-corrected chi connectivity index (χ1v) is 4.59. The quantitative estimate of drug-likeness (QED) is 0.682. The number of rotatable bonds is 3. The molecular formula is C7H12N4S. The third-order valence-corrected chi connectivity index (χ3v) is 2.35. The van der Waals surface area contributed by atoms with Crippen LogP contribution in [0, 0.1) is 4.77 Å². The van der Waals surface area contributed by atoms with Crippen molar-refractivity contribution in [1.82, 2.24) is 14.8 Å². The number of H-pyrrole nitrogens is 1. The standard InChI is InChI=1S/C7H12N4S/c8-4-3-6-9-10-7(12)11(6)5-1-2-5/h5H,1-4,8H2,(H,10,12). The van der Waals surface area contributed by atoms with Crippen molar-refractivity contribution in [3.63, 3.8) is 0 Å². The van der Waals surface area contributed by atoms with Gasteiger partial charge in [-0.1, -0.05) is 0 Å². The maximum absolute atomic E-state index is 5.46. The monoisotopic (exact) mass is 184 g/mol. The molecule has 0 radical (unpaired) electrons. The molecule has 66 valence electrons. The van der Waals surface area contributed by atoms with Gasteiger partial charge in [-0.3, -0.25) is 5.10 Å². The molecule has 0 amide bonds. The lowest BCUT2D eigenvalue weighted by Crippen LogP contribution is -2.09. The molecule has 0 atom stereocenters. The summed E-state index contributed by atoms with van der Waals surface area (Å²) in [5.74, 6) is 1.00. The fourth-order valence-electron chi connectivity index (χ4n) is 1.35. The predicted molar refractivity (Wildman–Crippen MR) is 48.4 cm³/mol. The first-order chi connectivity index (χ1) is 5.83. The van der Waals surface area contributed by atoms with Gasteiger partial charge in [-0.25, -0.2) is 0 Å². The summed E-state index contributed by atoms with van der Waals surface area (Å²) in [6.45, 7) is 0.631. The van der Waals surface area contributed by atoms with Gasteiger partial charge in [0.2, 0.25) is 0 Å². The zero-order chi connectivity index (χ0) is 8.55. The SMILES string of the molecule is NCCc1n[nH]c(=S)n1C1CC1. The molecule has 1 aliphatic carbocycles. The van der Waals surface area contributed by atoms with Crippen LogP contribution in [0.1, 0.15) is 24.7 Å². The molecule has 1 fully saturated rings. The summed E-state index contributed by atoms with van der Waals surface area (Å²) in [4.78, 5) is 0. The molecule has 3 N–H and O–H groups in total. The van der Waals surface area contributed by atoms with Crippen LogP contribution in [0.5, 0.6) is 0 Å². The van der Waals surface area contributed by atoms with Crippen LogP contribution in [0.3, 0.4) is 0 Å². The third-order valence-electron chi connectivity index (χ3n) is 2.06. The number of hydrogen-bond acceptors (Lipinski definition) is 3. The Morgan fingerprint density at radius 2 is 2.42 bits per heavy atom. The van der Waals surface area contributed by atoms with Crippen LogP contribution in [0.15, 0.2) is 0 Å². The highest BCUT2D eigenvalue weighted by Gasteiger charge is 2.26. The molecule has 1 aromatic heterocycles. The van der Waals surface area contributed by atoms with Crippen molar-refractivity contribution in [2.24, 2.45) is 5.73 Å². The van der Waals surface area contributed by atoms with E-state index in [1.165, 1.54) is 12.8 Å². The zero-order valence-corrected chi connectivity index (χ0v) is 7.60. The highest BCUT2D eigenvalue weighted by atomic mass is 32.1. The molecule has 12 heavy (non-hydrogen) atoms. The summed E-state index contributed by atoms with van der Waals surface area (Å²) in [6.07, 6.45) is 3.26. The van der Waals surface area contributed by atoms with Crippen LogP contribution in [-0.2, 0) is 6.42 Å². The molecule has 1 aromatic rings. The van der Waals surface area contributed by atoms with E-state index in [0.717, 1.165) is 17.0 Å². The largest absolute Gasteiger partial charge is 0.330 e. The van der Waals surface area contributed by atoms with Gasteiger partial charge in [0.1, 0.15) is 5.82 Å². The minimum Gasteiger partial charge on any atom is -0.330 e. The van der Waals surface area contributed by atoms with Gasteiger partial charge in [0.25, 0.3) is 0 Å². The molecule has 0 bridgehead atoms. The Morgan fingerprint density at radius 3 is 3.00 bits per heavy atom. The molecule has 0 saturated heterocycles. The van der Waals surface area contributed by atoms with Gasteiger partial charge in [0.15, 0.2) is 4.77 Å². The molecule has 5 heteroatoms. The van der Waals surface area contributed by atoms with E-state index in [1.807, 2.05) is 0 Å². The van der Waals surface area contributed by atoms with Gasteiger partial charge in [-0.05, 0) is 31.6 Å². The fraction of sp³-hybridized carbons (Fsp3) is 0.714. The highest BCUT2D eigenvalue weighted by Crippen LogP contribution is 2.35. The summed E-state index contributed by atoms with van der Waals surface area (Å²) in [6, 6.07) is 0.595. The third kappa shape index (κ3) is 1.30. The lowest BCUT2D eigenvalue weighted by molar-refractivity contribution is 0.670. The van der Waals surface area contributed by atoms with Crippen molar-refractivity contribution in [1.29, 1.82) is 0 Å². The van der Waals surface area contributed by atoms with Gasteiger partial charge in [-0.2, -0.15) is 5.10 Å². The van der Waals surface area contributed by atoms with Crippen LogP contribution < -0.4 is 5.73 Å². The second-order valence-electron chi connectivity index (χ2n) is 3.08. The lowest BCUT2D eigenvalue weighted by atomic mass is 10.4. The molecule has 0 unspecified atom stereocenters. The van der Waals surface area contributed by atoms with Gasteiger partial charge in [0.05, 0.1) is 0 Å². The molecule has 1 aliphatic rings. The maximum Gasteiger partial charge on any atom is 0.195 e. The minimum atomic E-state index is 0.595. The molecule has 0 aromatic carbocycles. The van der Waals surface area contributed by atoms with E-state index >= 15 is 0 Å². The predicted octanol–water partition coefficient (Wildman–Crippen LogP) is 0.777. The number of nitrogens with one attached hydrogen (secondary N) is 1. The molecule has 1 heterocycles. The topological polar surface area (TPSA) is 59.6 Å². The molecule has 1 saturated carbocycles. The average molecular weight is 184 g/mol. The number of nitrogens with zero attached hydrogens (tertiary/aromatic N) is 2. The Labute approximate surface area is 75.8 Å². The average Bonchev–Trinajstić information content (AvgIpc) is 2.80. The van der Waals surface area contributed by atoms with Crippen LogP contribution >= 0.6 is 12.2 Å². The van der Waals surface area contributed by atoms with Crippen LogP contribution in [0.25, 0.3) is 0 Å². The Morgan fingerprint density at radius 1 is 1.67 bits per heavy atom. The van der Waals surface area contributed by atoms with Crippen molar-refractivity contribution in [3.8, 4) is 0 Å². The van der Waals surface area contributed by atoms with Crippen molar-refractivity contribution in [3.05, 3.63) is 10.6 Å². The molecule has 0 aliphatic heterocycles. The molecule has 4 nitrogen and oxygen atoms in total. The lowest BCUT2D eigenvalue weighted by Gasteiger charge is -2.01. The van der Waals surface area contributed by atoms with E-state index in [-0.39, 0.29) is 0 Å². The van der Waals surface area contributed by atoms with E-state index in [1.54, 1.807) is 0 Å². The van der Waals surface area contributed by atoms with E-state index in [2.05, 4.69) is 14.8 Å². The van der Waals surface area contributed by atoms with E-state index < -0.39 is 0 Å². The molecule has 2 rings (SSSR count). The normalized spacial score (nSPS) is 16.8. The number of nitrogens with two attached hydrogens (primary N) is 1. The zero-order valence-electron chi connectivity index (χ0n) is 6.79. The Bertz CT molecular complexity index is 322. The first-order valence-electron chi connectivity index (χ1n) is 4.19. The Balaban J connectivity index is 2.33. The van der Waals surface area contributed by atoms with E-state index in [0.29, 0.717) is 12.6 Å². The summed E-state index contributed by atoms with van der Waals surface area (Å²) in [7, 11) is 0. The summed E-state index contributed by atoms with van der Waals surface area (Å²) in [5.41, 5.74) is 5.46. The maximum atomic E-state index is 5.46. The molecule has 0 spiro atoms. The number of hydrogen-bond donors (Lipinski definition) is 2. The van der Waals surface area contributed by atoms with Gasteiger partial charge < -0.3 is 10.3 Å². The van der Waals surface area contributed by atoms with E-state index in [9.17, 15) is 0 Å². The second-order valence-corrected chi connectivity index (χ2v) is 3.47. The minimum absolute atomic E-state index is 0.595. The van der Waals surface area contributed by atoms with Gasteiger partial charge in [-0.15, -0.1) is 0 Å². The smallest absolute Gasteiger partial charge is 0.195 e. The fourth-order valence-corrected chi connectivity index (χ4v) is 1.65. The summed E-state index contributed by atoms with van der Waals surface area (Å²) >= 11 is 5.11. The van der Waals surface area contributed by atoms with Crippen molar-refractivity contribution in [2.45, 2.75) is 25.3 Å². The van der Waals surface area contributed by atoms with Crippen molar-refractivity contribution >= 4 is 12.2 Å².